The minimum atomic E-state index is 0.875. The molecule has 0 spiro atoms. The van der Waals surface area contributed by atoms with Gasteiger partial charge in [-0.1, -0.05) is 46.0 Å². The van der Waals surface area contributed by atoms with Crippen molar-refractivity contribution in [1.82, 2.24) is 45.0 Å². The second kappa shape index (κ2) is 10.9. The second-order valence-electron chi connectivity index (χ2n) is 8.14. The Labute approximate surface area is 204 Å². The van der Waals surface area contributed by atoms with Crippen molar-refractivity contribution in [3.05, 3.63) is 71.8 Å². The van der Waals surface area contributed by atoms with Gasteiger partial charge in [-0.3, -0.25) is 0 Å². The van der Waals surface area contributed by atoms with Gasteiger partial charge in [0, 0.05) is 19.6 Å². The summed E-state index contributed by atoms with van der Waals surface area (Å²) in [5.41, 5.74) is 8.72. The van der Waals surface area contributed by atoms with E-state index in [-0.39, 0.29) is 0 Å². The van der Waals surface area contributed by atoms with Crippen LogP contribution in [0.2, 0.25) is 0 Å². The molecule has 180 valence electrons. The molecule has 0 saturated heterocycles. The van der Waals surface area contributed by atoms with Crippen LogP contribution in [0.3, 0.4) is 0 Å². The van der Waals surface area contributed by atoms with Crippen molar-refractivity contribution >= 4 is 33.1 Å². The molecule has 9 nitrogen and oxygen atoms in total. The van der Waals surface area contributed by atoms with Gasteiger partial charge in [-0.2, -0.15) is 0 Å². The van der Waals surface area contributed by atoms with Crippen molar-refractivity contribution in [3.8, 4) is 0 Å². The summed E-state index contributed by atoms with van der Waals surface area (Å²) in [7, 11) is 0. The first kappa shape index (κ1) is 24.0. The molecule has 0 unspecified atom stereocenters. The highest BCUT2D eigenvalue weighted by molar-refractivity contribution is 5.77. The molecule has 0 bridgehead atoms. The molecule has 0 aliphatic heterocycles. The molecular weight excluding hydrogens is 438 g/mol. The number of rotatable bonds is 3. The Hall–Kier alpha value is -4.14. The summed E-state index contributed by atoms with van der Waals surface area (Å²) in [5, 5.41) is 24.2. The largest absolute Gasteiger partial charge is 0.245 e. The average molecular weight is 470 g/mol. The van der Waals surface area contributed by atoms with E-state index in [9.17, 15) is 0 Å². The third-order valence-electron chi connectivity index (χ3n) is 5.74. The molecular formula is C26H31N9. The molecule has 0 fully saturated rings. The predicted molar refractivity (Wildman–Crippen MR) is 139 cm³/mol. The number of benzene rings is 3. The van der Waals surface area contributed by atoms with Crippen LogP contribution in [0.25, 0.3) is 33.1 Å². The van der Waals surface area contributed by atoms with Gasteiger partial charge in [0.1, 0.15) is 16.6 Å². The standard InChI is InChI=1S/2C9H11N3.C8H9N3/c1-3-12-9-5-4-7(2)6-8(9)10-11-12;1-3-12-8-6-4-5-7(2)9(8)10-11-12;1-2-11-8-6-4-3-5-7(8)9-10-11/h2*4-6H,3H2,1-2H3;3-6H,2H2,1H3. The van der Waals surface area contributed by atoms with Gasteiger partial charge in [-0.25, -0.2) is 14.0 Å². The van der Waals surface area contributed by atoms with Crippen molar-refractivity contribution in [3.63, 3.8) is 0 Å². The molecule has 0 aliphatic rings. The van der Waals surface area contributed by atoms with Gasteiger partial charge in [0.25, 0.3) is 0 Å². The summed E-state index contributed by atoms with van der Waals surface area (Å²) in [6.07, 6.45) is 0. The Morgan fingerprint density at radius 1 is 0.571 bits per heavy atom. The van der Waals surface area contributed by atoms with E-state index >= 15 is 0 Å². The number of hydrogen-bond acceptors (Lipinski definition) is 6. The summed E-state index contributed by atoms with van der Waals surface area (Å²) in [6, 6.07) is 20.3. The zero-order valence-corrected chi connectivity index (χ0v) is 20.9. The summed E-state index contributed by atoms with van der Waals surface area (Å²) in [4.78, 5) is 0. The van der Waals surface area contributed by atoms with E-state index in [0.29, 0.717) is 0 Å². The maximum atomic E-state index is 4.10. The lowest BCUT2D eigenvalue weighted by molar-refractivity contribution is 0.646. The fraction of sp³-hybridized carbons (Fsp3) is 0.308. The third kappa shape index (κ3) is 5.18. The van der Waals surface area contributed by atoms with Crippen LogP contribution in [0.15, 0.2) is 60.7 Å². The van der Waals surface area contributed by atoms with Crippen LogP contribution in [0.4, 0.5) is 0 Å². The summed E-state index contributed by atoms with van der Waals surface area (Å²) in [6.45, 7) is 12.9. The van der Waals surface area contributed by atoms with Gasteiger partial charge in [0.2, 0.25) is 0 Å². The highest BCUT2D eigenvalue weighted by atomic mass is 15.4. The zero-order valence-electron chi connectivity index (χ0n) is 20.9. The lowest BCUT2D eigenvalue weighted by Gasteiger charge is -1.96. The quantitative estimate of drug-likeness (QED) is 0.363. The first-order valence-electron chi connectivity index (χ1n) is 11.9. The predicted octanol–water partition coefficient (Wildman–Crippen LogP) is 4.97. The normalized spacial score (nSPS) is 10.8. The molecule has 0 aliphatic carbocycles. The van der Waals surface area contributed by atoms with E-state index < -0.39 is 0 Å². The monoisotopic (exact) mass is 469 g/mol. The van der Waals surface area contributed by atoms with Gasteiger partial charge in [-0.15, -0.1) is 15.3 Å². The van der Waals surface area contributed by atoms with Gasteiger partial charge in [0.15, 0.2) is 0 Å². The first-order chi connectivity index (χ1) is 17.0. The second-order valence-corrected chi connectivity index (χ2v) is 8.14. The number of nitrogens with zero attached hydrogens (tertiary/aromatic N) is 9. The molecule has 0 atom stereocenters. The highest BCUT2D eigenvalue weighted by Gasteiger charge is 2.03. The van der Waals surface area contributed by atoms with Gasteiger partial charge >= 0.3 is 0 Å². The van der Waals surface area contributed by atoms with Crippen molar-refractivity contribution in [2.24, 2.45) is 0 Å². The van der Waals surface area contributed by atoms with E-state index in [4.69, 9.17) is 0 Å². The molecule has 6 rings (SSSR count). The summed E-state index contributed by atoms with van der Waals surface area (Å²) < 4.78 is 5.69. The lowest BCUT2D eigenvalue weighted by atomic mass is 10.2. The first-order valence-corrected chi connectivity index (χ1v) is 11.9. The SMILES string of the molecule is CCn1nnc2c(C)cccc21.CCn1nnc2cc(C)ccc21.CCn1nnc2ccccc21. The maximum Gasteiger partial charge on any atom is 0.116 e. The highest BCUT2D eigenvalue weighted by Crippen LogP contribution is 2.14. The van der Waals surface area contributed by atoms with Gasteiger partial charge < -0.3 is 0 Å². The summed E-state index contributed by atoms with van der Waals surface area (Å²) >= 11 is 0. The smallest absolute Gasteiger partial charge is 0.116 e. The van der Waals surface area contributed by atoms with Crippen LogP contribution in [-0.2, 0) is 19.6 Å². The van der Waals surface area contributed by atoms with E-state index in [1.165, 1.54) is 11.1 Å². The molecule has 3 heterocycles. The third-order valence-corrected chi connectivity index (χ3v) is 5.74. The molecule has 9 heteroatoms. The fourth-order valence-electron chi connectivity index (χ4n) is 3.83. The topological polar surface area (TPSA) is 92.1 Å². The van der Waals surface area contributed by atoms with E-state index in [1.807, 2.05) is 50.4 Å². The fourth-order valence-corrected chi connectivity index (χ4v) is 3.83. The van der Waals surface area contributed by atoms with Crippen LogP contribution >= 0.6 is 0 Å². The van der Waals surface area contributed by atoms with E-state index in [2.05, 4.69) is 89.8 Å². The molecule has 35 heavy (non-hydrogen) atoms. The van der Waals surface area contributed by atoms with Crippen molar-refractivity contribution in [2.45, 2.75) is 54.3 Å². The molecule has 0 radical (unpaired) electrons. The van der Waals surface area contributed by atoms with Crippen LogP contribution < -0.4 is 0 Å². The van der Waals surface area contributed by atoms with Crippen molar-refractivity contribution < 1.29 is 0 Å². The Morgan fingerprint density at radius 3 is 1.86 bits per heavy atom. The van der Waals surface area contributed by atoms with Crippen LogP contribution in [0, 0.1) is 13.8 Å². The minimum absolute atomic E-state index is 0.875. The number of aromatic nitrogens is 9. The van der Waals surface area contributed by atoms with Gasteiger partial charge in [0.05, 0.1) is 16.6 Å². The number of para-hydroxylation sites is 1. The number of fused-ring (bicyclic) bond motifs is 3. The lowest BCUT2D eigenvalue weighted by Crippen LogP contribution is -1.95. The minimum Gasteiger partial charge on any atom is -0.245 e. The van der Waals surface area contributed by atoms with Crippen LogP contribution in [0.1, 0.15) is 31.9 Å². The Bertz CT molecular complexity index is 1540. The molecule has 0 N–H and O–H groups in total. The molecule has 0 saturated carbocycles. The molecule has 6 aromatic rings. The Balaban J connectivity index is 0.000000124. The summed E-state index contributed by atoms with van der Waals surface area (Å²) in [5.74, 6) is 0. The average Bonchev–Trinajstić information content (AvgIpc) is 3.61. The van der Waals surface area contributed by atoms with E-state index in [0.717, 1.165) is 52.7 Å². The number of aryl methyl sites for hydroxylation is 5. The number of hydrogen-bond donors (Lipinski definition) is 0. The van der Waals surface area contributed by atoms with Crippen molar-refractivity contribution in [1.29, 1.82) is 0 Å². The molecule has 3 aromatic heterocycles. The zero-order chi connectivity index (χ0) is 24.8. The Kier molecular flexibility index (Phi) is 7.45. The Morgan fingerprint density at radius 2 is 1.14 bits per heavy atom. The molecule has 3 aromatic carbocycles. The van der Waals surface area contributed by atoms with Crippen LogP contribution in [0.5, 0.6) is 0 Å². The van der Waals surface area contributed by atoms with Gasteiger partial charge in [-0.05, 0) is 76.1 Å². The van der Waals surface area contributed by atoms with Crippen LogP contribution in [-0.4, -0.2) is 45.0 Å². The maximum absolute atomic E-state index is 4.10. The van der Waals surface area contributed by atoms with Crippen molar-refractivity contribution in [2.75, 3.05) is 0 Å². The van der Waals surface area contributed by atoms with E-state index in [1.54, 1.807) is 0 Å². The molecule has 0 amide bonds.